The Morgan fingerprint density at radius 3 is 2.70 bits per heavy atom. The van der Waals surface area contributed by atoms with E-state index in [9.17, 15) is 9.18 Å². The minimum Gasteiger partial charge on any atom is -0.441 e. The molecule has 0 saturated carbocycles. The van der Waals surface area contributed by atoms with Crippen LogP contribution in [0.3, 0.4) is 0 Å². The Hall–Kier alpha value is -2.17. The summed E-state index contributed by atoms with van der Waals surface area (Å²) in [6, 6.07) is 6.01. The van der Waals surface area contributed by atoms with E-state index < -0.39 is 0 Å². The van der Waals surface area contributed by atoms with Gasteiger partial charge in [0.1, 0.15) is 5.82 Å². The van der Waals surface area contributed by atoms with Crippen LogP contribution in [-0.2, 0) is 11.2 Å². The van der Waals surface area contributed by atoms with Gasteiger partial charge in [0.25, 0.3) is 0 Å². The van der Waals surface area contributed by atoms with Crippen LogP contribution in [0.2, 0.25) is 0 Å². The molecule has 0 N–H and O–H groups in total. The van der Waals surface area contributed by atoms with Gasteiger partial charge in [-0.25, -0.2) is 9.37 Å². The number of benzene rings is 1. The molecule has 0 aliphatic carbocycles. The van der Waals surface area contributed by atoms with Crippen LogP contribution < -0.4 is 0 Å². The number of aryl methyl sites for hydroxylation is 1. The van der Waals surface area contributed by atoms with Gasteiger partial charge in [-0.05, 0) is 31.2 Å². The van der Waals surface area contributed by atoms with Gasteiger partial charge < -0.3 is 9.32 Å². The molecule has 1 amide bonds. The van der Waals surface area contributed by atoms with Crippen molar-refractivity contribution in [3.63, 3.8) is 0 Å². The normalized spacial score (nSPS) is 10.6. The Labute approximate surface area is 117 Å². The smallest absolute Gasteiger partial charge is 0.222 e. The molecule has 0 radical (unpaired) electrons. The van der Waals surface area contributed by atoms with Crippen LogP contribution in [0.25, 0.3) is 11.3 Å². The quantitative estimate of drug-likeness (QED) is 0.843. The molecule has 0 fully saturated rings. The molecule has 0 saturated heterocycles. The van der Waals surface area contributed by atoms with Crippen LogP contribution in [0.15, 0.2) is 34.9 Å². The van der Waals surface area contributed by atoms with Crippen LogP contribution in [0, 0.1) is 5.82 Å². The Bertz CT molecular complexity index is 578. The lowest BCUT2D eigenvalue weighted by atomic mass is 10.2. The largest absolute Gasteiger partial charge is 0.441 e. The van der Waals surface area contributed by atoms with Gasteiger partial charge in [0.2, 0.25) is 5.91 Å². The molecule has 20 heavy (non-hydrogen) atoms. The molecular formula is C15H17FN2O2. The van der Waals surface area contributed by atoms with Crippen molar-refractivity contribution >= 4 is 5.91 Å². The van der Waals surface area contributed by atoms with Crippen LogP contribution in [-0.4, -0.2) is 29.4 Å². The predicted octanol–water partition coefficient (Wildman–Crippen LogP) is 2.89. The zero-order valence-corrected chi connectivity index (χ0v) is 11.6. The summed E-state index contributed by atoms with van der Waals surface area (Å²) in [6.07, 6.45) is 2.43. The number of aromatic nitrogens is 1. The number of carbonyl (C=O) groups is 1. The molecule has 0 atom stereocenters. The van der Waals surface area contributed by atoms with Gasteiger partial charge in [-0.15, -0.1) is 0 Å². The summed E-state index contributed by atoms with van der Waals surface area (Å²) in [5, 5.41) is 0. The third-order valence-electron chi connectivity index (χ3n) is 3.14. The van der Waals surface area contributed by atoms with E-state index in [1.807, 2.05) is 6.92 Å². The fourth-order valence-corrected chi connectivity index (χ4v) is 1.75. The van der Waals surface area contributed by atoms with Gasteiger partial charge >= 0.3 is 0 Å². The van der Waals surface area contributed by atoms with E-state index in [0.717, 1.165) is 5.56 Å². The van der Waals surface area contributed by atoms with Crippen LogP contribution in [0.1, 0.15) is 19.2 Å². The van der Waals surface area contributed by atoms with Crippen LogP contribution >= 0.6 is 0 Å². The van der Waals surface area contributed by atoms with Gasteiger partial charge in [-0.1, -0.05) is 0 Å². The number of carbonyl (C=O) groups excluding carboxylic acids is 1. The first kappa shape index (κ1) is 14.2. The Kier molecular flexibility index (Phi) is 4.50. The van der Waals surface area contributed by atoms with Crippen LogP contribution in [0.4, 0.5) is 4.39 Å². The number of amides is 1. The van der Waals surface area contributed by atoms with Crippen molar-refractivity contribution in [3.05, 3.63) is 42.2 Å². The van der Waals surface area contributed by atoms with Gasteiger partial charge in [-0.2, -0.15) is 0 Å². The minimum absolute atomic E-state index is 0.0639. The molecule has 4 nitrogen and oxygen atoms in total. The fraction of sp³-hybridized carbons (Fsp3) is 0.333. The van der Waals surface area contributed by atoms with Crippen molar-refractivity contribution < 1.29 is 13.6 Å². The van der Waals surface area contributed by atoms with E-state index in [1.165, 1.54) is 12.1 Å². The van der Waals surface area contributed by atoms with E-state index in [0.29, 0.717) is 31.0 Å². The molecular weight excluding hydrogens is 259 g/mol. The molecule has 106 valence electrons. The Balaban J connectivity index is 1.99. The number of hydrogen-bond donors (Lipinski definition) is 0. The molecule has 1 heterocycles. The third kappa shape index (κ3) is 3.44. The highest BCUT2D eigenvalue weighted by Gasteiger charge is 2.11. The summed E-state index contributed by atoms with van der Waals surface area (Å²) >= 11 is 0. The minimum atomic E-state index is -0.290. The molecule has 0 aliphatic heterocycles. The average Bonchev–Trinajstić information content (AvgIpc) is 2.93. The summed E-state index contributed by atoms with van der Waals surface area (Å²) in [7, 11) is 1.77. The van der Waals surface area contributed by atoms with Crippen molar-refractivity contribution in [2.75, 3.05) is 13.6 Å². The van der Waals surface area contributed by atoms with E-state index in [1.54, 1.807) is 30.3 Å². The molecule has 0 spiro atoms. The fourth-order valence-electron chi connectivity index (χ4n) is 1.75. The maximum atomic E-state index is 12.8. The maximum absolute atomic E-state index is 12.8. The highest BCUT2D eigenvalue weighted by molar-refractivity contribution is 5.75. The highest BCUT2D eigenvalue weighted by Crippen LogP contribution is 2.21. The average molecular weight is 276 g/mol. The summed E-state index contributed by atoms with van der Waals surface area (Å²) in [5.74, 6) is 0.870. The lowest BCUT2D eigenvalue weighted by molar-refractivity contribution is -0.129. The molecule has 0 unspecified atom stereocenters. The monoisotopic (exact) mass is 276 g/mol. The SMILES string of the molecule is CCN(C)C(=O)CCc1ncc(-c2ccc(F)cc2)o1. The lowest BCUT2D eigenvalue weighted by Crippen LogP contribution is -2.26. The first-order valence-electron chi connectivity index (χ1n) is 6.54. The van der Waals surface area contributed by atoms with Gasteiger partial charge in [0.15, 0.2) is 11.7 Å². The Morgan fingerprint density at radius 1 is 1.35 bits per heavy atom. The predicted molar refractivity (Wildman–Crippen MR) is 73.5 cm³/mol. The molecule has 1 aromatic carbocycles. The molecule has 2 rings (SSSR count). The van der Waals surface area contributed by atoms with E-state index in [4.69, 9.17) is 4.42 Å². The van der Waals surface area contributed by atoms with Gasteiger partial charge in [-0.3, -0.25) is 4.79 Å². The first-order valence-corrected chi connectivity index (χ1v) is 6.54. The van der Waals surface area contributed by atoms with Gasteiger partial charge in [0.05, 0.1) is 6.20 Å². The first-order chi connectivity index (χ1) is 9.60. The zero-order chi connectivity index (χ0) is 14.5. The second-order valence-electron chi connectivity index (χ2n) is 4.53. The number of hydrogen-bond acceptors (Lipinski definition) is 3. The Morgan fingerprint density at radius 2 is 2.05 bits per heavy atom. The van der Waals surface area contributed by atoms with Crippen molar-refractivity contribution in [2.24, 2.45) is 0 Å². The topological polar surface area (TPSA) is 46.3 Å². The molecule has 1 aromatic heterocycles. The molecule has 2 aromatic rings. The van der Waals surface area contributed by atoms with Crippen molar-refractivity contribution in [3.8, 4) is 11.3 Å². The molecule has 0 aliphatic rings. The summed E-state index contributed by atoms with van der Waals surface area (Å²) in [6.45, 7) is 2.61. The summed E-state index contributed by atoms with van der Waals surface area (Å²) in [5.41, 5.74) is 0.766. The molecule has 0 bridgehead atoms. The summed E-state index contributed by atoms with van der Waals surface area (Å²) in [4.78, 5) is 17.5. The van der Waals surface area contributed by atoms with Crippen molar-refractivity contribution in [1.82, 2.24) is 9.88 Å². The highest BCUT2D eigenvalue weighted by atomic mass is 19.1. The maximum Gasteiger partial charge on any atom is 0.222 e. The number of halogens is 1. The third-order valence-corrected chi connectivity index (χ3v) is 3.14. The standard InChI is InChI=1S/C15H17FN2O2/c1-3-18(2)15(19)9-8-14-17-10-13(20-14)11-4-6-12(16)7-5-11/h4-7,10H,3,8-9H2,1-2H3. The van der Waals surface area contributed by atoms with Crippen molar-refractivity contribution in [2.45, 2.75) is 19.8 Å². The lowest BCUT2D eigenvalue weighted by Gasteiger charge is -2.13. The van der Waals surface area contributed by atoms with Crippen LogP contribution in [0.5, 0.6) is 0 Å². The van der Waals surface area contributed by atoms with E-state index in [2.05, 4.69) is 4.98 Å². The second-order valence-corrected chi connectivity index (χ2v) is 4.53. The number of nitrogens with zero attached hydrogens (tertiary/aromatic N) is 2. The summed E-state index contributed by atoms with van der Waals surface area (Å²) < 4.78 is 18.4. The molecule has 5 heteroatoms. The van der Waals surface area contributed by atoms with Gasteiger partial charge in [0, 0.05) is 32.0 Å². The second kappa shape index (κ2) is 6.32. The zero-order valence-electron chi connectivity index (χ0n) is 11.6. The number of rotatable bonds is 5. The van der Waals surface area contributed by atoms with E-state index in [-0.39, 0.29) is 11.7 Å². The van der Waals surface area contributed by atoms with Crippen molar-refractivity contribution in [1.29, 1.82) is 0 Å². The van der Waals surface area contributed by atoms with E-state index >= 15 is 0 Å². The number of oxazole rings is 1.